The Balaban J connectivity index is 2.20. The number of carbonyl (C=O) groups excluding carboxylic acids is 1. The molecule has 140 valence electrons. The Kier molecular flexibility index (Phi) is 5.46. The standard InChI is InChI=1S/C20H19ClN2O4/c1-3-11-7-8-22-18(20(11)27-4-2)19(26)17-14(10-16(24)25)13-6-5-12(21)9-15(13)23-17/h5-9,23H,3-4,10H2,1-2H3,(H,24,25). The van der Waals surface area contributed by atoms with Crippen LogP contribution in [0.2, 0.25) is 5.02 Å². The highest BCUT2D eigenvalue weighted by Gasteiger charge is 2.25. The number of halogens is 1. The molecule has 2 N–H and O–H groups in total. The van der Waals surface area contributed by atoms with E-state index in [4.69, 9.17) is 16.3 Å². The molecule has 0 atom stereocenters. The quantitative estimate of drug-likeness (QED) is 0.598. The van der Waals surface area contributed by atoms with Crippen LogP contribution >= 0.6 is 11.6 Å². The number of hydrogen-bond acceptors (Lipinski definition) is 4. The molecule has 2 heterocycles. The number of carboxylic acids is 1. The number of H-pyrrole nitrogens is 1. The van der Waals surface area contributed by atoms with E-state index in [0.717, 1.165) is 5.56 Å². The lowest BCUT2D eigenvalue weighted by molar-refractivity contribution is -0.136. The Hall–Kier alpha value is -2.86. The lowest BCUT2D eigenvalue weighted by atomic mass is 10.0. The molecule has 0 unspecified atom stereocenters. The highest BCUT2D eigenvalue weighted by Crippen LogP contribution is 2.30. The first-order valence-corrected chi connectivity index (χ1v) is 9.01. The van der Waals surface area contributed by atoms with Crippen LogP contribution in [0.4, 0.5) is 0 Å². The van der Waals surface area contributed by atoms with Gasteiger partial charge in [-0.05, 0) is 37.1 Å². The fourth-order valence-electron chi connectivity index (χ4n) is 3.11. The Labute approximate surface area is 161 Å². The van der Waals surface area contributed by atoms with Crippen molar-refractivity contribution in [1.82, 2.24) is 9.97 Å². The van der Waals surface area contributed by atoms with Crippen LogP contribution in [0, 0.1) is 0 Å². The number of hydrogen-bond donors (Lipinski definition) is 2. The summed E-state index contributed by atoms with van der Waals surface area (Å²) in [5.74, 6) is -0.997. The van der Waals surface area contributed by atoms with Crippen LogP contribution in [-0.2, 0) is 17.6 Å². The van der Waals surface area contributed by atoms with E-state index in [0.29, 0.717) is 40.3 Å². The molecule has 6 nitrogen and oxygen atoms in total. The number of ether oxygens (including phenoxy) is 1. The summed E-state index contributed by atoms with van der Waals surface area (Å²) in [6, 6.07) is 6.85. The first kappa shape index (κ1) is 18.9. The number of nitrogens with zero attached hydrogens (tertiary/aromatic N) is 1. The van der Waals surface area contributed by atoms with Crippen molar-refractivity contribution in [3.05, 3.63) is 58.0 Å². The fourth-order valence-corrected chi connectivity index (χ4v) is 3.28. The van der Waals surface area contributed by atoms with Crippen molar-refractivity contribution < 1.29 is 19.4 Å². The second kappa shape index (κ2) is 7.80. The first-order chi connectivity index (χ1) is 13.0. The van der Waals surface area contributed by atoms with Gasteiger partial charge in [0.05, 0.1) is 18.7 Å². The Morgan fingerprint density at radius 3 is 2.70 bits per heavy atom. The number of aromatic amines is 1. The first-order valence-electron chi connectivity index (χ1n) is 8.63. The van der Waals surface area contributed by atoms with Crippen molar-refractivity contribution in [3.63, 3.8) is 0 Å². The summed E-state index contributed by atoms with van der Waals surface area (Å²) in [6.45, 7) is 4.19. The number of carboxylic acid groups (broad SMARTS) is 1. The van der Waals surface area contributed by atoms with E-state index < -0.39 is 11.8 Å². The monoisotopic (exact) mass is 386 g/mol. The molecule has 0 bridgehead atoms. The van der Waals surface area contributed by atoms with E-state index in [9.17, 15) is 14.7 Å². The van der Waals surface area contributed by atoms with Gasteiger partial charge in [-0.2, -0.15) is 0 Å². The van der Waals surface area contributed by atoms with Crippen molar-refractivity contribution in [2.24, 2.45) is 0 Å². The number of aliphatic carboxylic acids is 1. The van der Waals surface area contributed by atoms with Crippen LogP contribution in [0.1, 0.15) is 41.2 Å². The van der Waals surface area contributed by atoms with E-state index >= 15 is 0 Å². The van der Waals surface area contributed by atoms with E-state index in [1.807, 2.05) is 19.9 Å². The minimum Gasteiger partial charge on any atom is -0.491 e. The molecule has 0 fully saturated rings. The minimum atomic E-state index is -1.03. The summed E-state index contributed by atoms with van der Waals surface area (Å²) in [5.41, 5.74) is 2.24. The lowest BCUT2D eigenvalue weighted by Gasteiger charge is -2.12. The summed E-state index contributed by atoms with van der Waals surface area (Å²) in [5, 5.41) is 10.4. The molecule has 0 saturated heterocycles. The number of carbonyl (C=O) groups is 2. The SMILES string of the molecule is CCOc1c(CC)ccnc1C(=O)c1[nH]c2cc(Cl)ccc2c1CC(=O)O. The van der Waals surface area contributed by atoms with Crippen molar-refractivity contribution in [2.45, 2.75) is 26.7 Å². The van der Waals surface area contributed by atoms with Gasteiger partial charge in [-0.25, -0.2) is 4.98 Å². The van der Waals surface area contributed by atoms with Gasteiger partial charge in [0, 0.05) is 27.7 Å². The van der Waals surface area contributed by atoms with E-state index in [1.165, 1.54) is 0 Å². The zero-order chi connectivity index (χ0) is 19.6. The largest absolute Gasteiger partial charge is 0.491 e. The number of aryl methyl sites for hydroxylation is 1. The molecule has 0 spiro atoms. The van der Waals surface area contributed by atoms with E-state index in [-0.39, 0.29) is 17.8 Å². The van der Waals surface area contributed by atoms with Crippen molar-refractivity contribution >= 4 is 34.3 Å². The molecule has 0 saturated carbocycles. The molecule has 0 radical (unpaired) electrons. The van der Waals surface area contributed by atoms with Crippen molar-refractivity contribution in [3.8, 4) is 5.75 Å². The van der Waals surface area contributed by atoms with Gasteiger partial charge < -0.3 is 14.8 Å². The third-order valence-electron chi connectivity index (χ3n) is 4.29. The normalized spacial score (nSPS) is 10.9. The van der Waals surface area contributed by atoms with Crippen molar-refractivity contribution in [1.29, 1.82) is 0 Å². The molecule has 0 aliphatic carbocycles. The maximum absolute atomic E-state index is 13.3. The molecule has 7 heteroatoms. The number of ketones is 1. The molecular weight excluding hydrogens is 368 g/mol. The predicted octanol–water partition coefficient (Wildman–Crippen LogP) is 4.04. The van der Waals surface area contributed by atoms with Crippen LogP contribution < -0.4 is 4.74 Å². The highest BCUT2D eigenvalue weighted by atomic mass is 35.5. The summed E-state index contributed by atoms with van der Waals surface area (Å²) in [6.07, 6.45) is 1.95. The third kappa shape index (κ3) is 3.66. The zero-order valence-electron chi connectivity index (χ0n) is 15.0. The summed E-state index contributed by atoms with van der Waals surface area (Å²) in [4.78, 5) is 31.9. The number of benzene rings is 1. The molecule has 0 amide bonds. The second-order valence-corrected chi connectivity index (χ2v) is 6.44. The van der Waals surface area contributed by atoms with Crippen LogP contribution in [0.25, 0.3) is 10.9 Å². The van der Waals surface area contributed by atoms with Crippen LogP contribution in [-0.4, -0.2) is 33.4 Å². The Morgan fingerprint density at radius 1 is 1.26 bits per heavy atom. The van der Waals surface area contributed by atoms with Gasteiger partial charge in [0.2, 0.25) is 5.78 Å². The predicted molar refractivity (Wildman–Crippen MR) is 103 cm³/mol. The van der Waals surface area contributed by atoms with E-state index in [1.54, 1.807) is 24.4 Å². The smallest absolute Gasteiger partial charge is 0.307 e. The fraction of sp³-hybridized carbons (Fsp3) is 0.250. The van der Waals surface area contributed by atoms with Gasteiger partial charge in [-0.15, -0.1) is 0 Å². The average molecular weight is 387 g/mol. The second-order valence-electron chi connectivity index (χ2n) is 6.00. The van der Waals surface area contributed by atoms with Crippen LogP contribution in [0.3, 0.4) is 0 Å². The topological polar surface area (TPSA) is 92.3 Å². The molecular formula is C20H19ClN2O4. The van der Waals surface area contributed by atoms with Gasteiger partial charge in [-0.3, -0.25) is 9.59 Å². The highest BCUT2D eigenvalue weighted by molar-refractivity contribution is 6.31. The van der Waals surface area contributed by atoms with Gasteiger partial charge >= 0.3 is 5.97 Å². The Bertz CT molecular complexity index is 1030. The Morgan fingerprint density at radius 2 is 2.04 bits per heavy atom. The molecule has 3 rings (SSSR count). The third-order valence-corrected chi connectivity index (χ3v) is 4.53. The minimum absolute atomic E-state index is 0.167. The number of nitrogens with one attached hydrogen (secondary N) is 1. The summed E-state index contributed by atoms with van der Waals surface area (Å²) < 4.78 is 5.68. The molecule has 1 aromatic carbocycles. The van der Waals surface area contributed by atoms with Gasteiger partial charge in [0.1, 0.15) is 0 Å². The molecule has 27 heavy (non-hydrogen) atoms. The van der Waals surface area contributed by atoms with Gasteiger partial charge in [0.15, 0.2) is 11.4 Å². The van der Waals surface area contributed by atoms with Crippen LogP contribution in [0.5, 0.6) is 5.75 Å². The van der Waals surface area contributed by atoms with Crippen LogP contribution in [0.15, 0.2) is 30.5 Å². The number of pyridine rings is 1. The van der Waals surface area contributed by atoms with E-state index in [2.05, 4.69) is 9.97 Å². The molecule has 0 aliphatic rings. The maximum Gasteiger partial charge on any atom is 0.307 e. The number of rotatable bonds is 7. The lowest BCUT2D eigenvalue weighted by Crippen LogP contribution is -2.13. The molecule has 0 aliphatic heterocycles. The molecule has 3 aromatic rings. The zero-order valence-corrected chi connectivity index (χ0v) is 15.8. The maximum atomic E-state index is 13.3. The summed E-state index contributed by atoms with van der Waals surface area (Å²) in [7, 11) is 0. The van der Waals surface area contributed by atoms with Gasteiger partial charge in [0.25, 0.3) is 0 Å². The average Bonchev–Trinajstić information content (AvgIpc) is 2.98. The van der Waals surface area contributed by atoms with Crippen molar-refractivity contribution in [2.75, 3.05) is 6.61 Å². The number of fused-ring (bicyclic) bond motifs is 1. The number of aromatic nitrogens is 2. The summed E-state index contributed by atoms with van der Waals surface area (Å²) >= 11 is 6.04. The van der Waals surface area contributed by atoms with Gasteiger partial charge in [-0.1, -0.05) is 24.6 Å². The molecule has 2 aromatic heterocycles.